The third-order valence-electron chi connectivity index (χ3n) is 8.34. The third kappa shape index (κ3) is 12.8. The minimum atomic E-state index is -0.463. The number of hydroxylamine groups is 1. The molecule has 3 atom stereocenters. The van der Waals surface area contributed by atoms with Crippen LogP contribution in [0.5, 0.6) is 11.5 Å². The van der Waals surface area contributed by atoms with Gasteiger partial charge in [-0.15, -0.1) is 0 Å². The molecule has 1 aliphatic heterocycles. The summed E-state index contributed by atoms with van der Waals surface area (Å²) in [6, 6.07) is 21.5. The molecule has 0 bridgehead atoms. The molecular formula is C38H46ClN5O6S. The molecule has 11 nitrogen and oxygen atoms in total. The highest BCUT2D eigenvalue weighted by molar-refractivity contribution is 7.16. The van der Waals surface area contributed by atoms with E-state index in [-0.39, 0.29) is 29.1 Å². The molecule has 272 valence electrons. The van der Waals surface area contributed by atoms with Crippen LogP contribution < -0.4 is 31.0 Å². The first-order chi connectivity index (χ1) is 24.7. The van der Waals surface area contributed by atoms with Gasteiger partial charge < -0.3 is 30.5 Å². The number of amides is 3. The first-order valence-corrected chi connectivity index (χ1v) is 18.3. The fourth-order valence-electron chi connectivity index (χ4n) is 5.48. The van der Waals surface area contributed by atoms with Gasteiger partial charge in [0.15, 0.2) is 5.75 Å². The van der Waals surface area contributed by atoms with Crippen LogP contribution in [0.1, 0.15) is 51.9 Å². The summed E-state index contributed by atoms with van der Waals surface area (Å²) >= 11 is 6.89. The number of primary amides is 1. The Morgan fingerprint density at radius 3 is 2.59 bits per heavy atom. The number of halogens is 1. The van der Waals surface area contributed by atoms with Crippen molar-refractivity contribution in [2.24, 2.45) is 17.6 Å². The minimum absolute atomic E-state index is 0.0166. The highest BCUT2D eigenvalue weighted by Gasteiger charge is 2.41. The van der Waals surface area contributed by atoms with Gasteiger partial charge in [0.1, 0.15) is 11.8 Å². The molecule has 0 radical (unpaired) electrons. The minimum Gasteiger partial charge on any atom is -0.497 e. The number of nitrogens with one attached hydrogen (secondary N) is 3. The number of H-pyrrole nitrogens is 1. The normalized spacial score (nSPS) is 17.5. The molecule has 5 N–H and O–H groups in total. The molecule has 1 aliphatic carbocycles. The molecule has 1 saturated heterocycles. The van der Waals surface area contributed by atoms with Crippen molar-refractivity contribution in [2.45, 2.75) is 57.9 Å². The van der Waals surface area contributed by atoms with E-state index >= 15 is 0 Å². The highest BCUT2D eigenvalue weighted by atomic mass is 35.5. The van der Waals surface area contributed by atoms with E-state index in [2.05, 4.69) is 34.9 Å². The zero-order chi connectivity index (χ0) is 36.6. The van der Waals surface area contributed by atoms with Gasteiger partial charge in [0, 0.05) is 29.2 Å². The maximum absolute atomic E-state index is 12.1. The lowest BCUT2D eigenvalue weighted by Crippen LogP contribution is -2.45. The summed E-state index contributed by atoms with van der Waals surface area (Å²) in [5, 5.41) is 3.69. The Morgan fingerprint density at radius 1 is 1.06 bits per heavy atom. The van der Waals surface area contributed by atoms with Gasteiger partial charge in [-0.25, -0.2) is 0 Å². The Kier molecular flexibility index (Phi) is 15.4. The zero-order valence-electron chi connectivity index (χ0n) is 28.9. The number of hydrogen-bond acceptors (Lipinski definition) is 8. The summed E-state index contributed by atoms with van der Waals surface area (Å²) < 4.78 is 6.02. The van der Waals surface area contributed by atoms with E-state index in [1.54, 1.807) is 30.2 Å². The smallest absolute Gasteiger partial charge is 0.305 e. The zero-order valence-corrected chi connectivity index (χ0v) is 30.5. The van der Waals surface area contributed by atoms with Crippen LogP contribution in [0.3, 0.4) is 0 Å². The second kappa shape index (κ2) is 20.1. The molecule has 6 rings (SSSR count). The van der Waals surface area contributed by atoms with E-state index in [9.17, 15) is 19.2 Å². The van der Waals surface area contributed by atoms with Crippen LogP contribution in [-0.4, -0.2) is 53.8 Å². The lowest BCUT2D eigenvalue weighted by molar-refractivity contribution is -0.135. The van der Waals surface area contributed by atoms with Gasteiger partial charge in [0.2, 0.25) is 11.8 Å². The quantitative estimate of drug-likeness (QED) is 0.0677. The number of para-hydroxylation sites is 1. The number of likely N-dealkylation sites (tertiary alicyclic amines) is 1. The number of ether oxygens (including phenoxy) is 1. The van der Waals surface area contributed by atoms with E-state index < -0.39 is 11.9 Å². The number of fused-ring (bicyclic) bond motifs is 1. The summed E-state index contributed by atoms with van der Waals surface area (Å²) in [6.07, 6.45) is 11.7. The molecule has 4 aromatic rings. The number of carbonyl (C=O) groups excluding carboxylic acids is 3. The van der Waals surface area contributed by atoms with Gasteiger partial charge in [-0.1, -0.05) is 79.1 Å². The van der Waals surface area contributed by atoms with Gasteiger partial charge in [0.25, 0.3) is 5.91 Å². The fraction of sp³-hybridized carbons (Fsp3) is 0.368. The largest absolute Gasteiger partial charge is 0.497 e. The number of methoxy groups -OCH3 is 1. The Labute approximate surface area is 307 Å². The van der Waals surface area contributed by atoms with Crippen molar-refractivity contribution < 1.29 is 24.0 Å². The summed E-state index contributed by atoms with van der Waals surface area (Å²) in [5.74, 6) is 1.30. The Morgan fingerprint density at radius 2 is 1.84 bits per heavy atom. The molecule has 51 heavy (non-hydrogen) atoms. The molecule has 1 aromatic heterocycles. The van der Waals surface area contributed by atoms with Crippen LogP contribution in [-0.2, 0) is 14.4 Å². The highest BCUT2D eigenvalue weighted by Crippen LogP contribution is 2.40. The van der Waals surface area contributed by atoms with Crippen molar-refractivity contribution in [1.82, 2.24) is 15.4 Å². The molecule has 2 fully saturated rings. The van der Waals surface area contributed by atoms with Crippen LogP contribution in [0.2, 0.25) is 5.02 Å². The van der Waals surface area contributed by atoms with E-state index in [0.717, 1.165) is 40.9 Å². The van der Waals surface area contributed by atoms with Crippen LogP contribution >= 0.6 is 22.9 Å². The van der Waals surface area contributed by atoms with Crippen LogP contribution in [0.15, 0.2) is 89.7 Å². The average molecular weight is 736 g/mol. The predicted octanol–water partition coefficient (Wildman–Crippen LogP) is 6.70. The number of carbonyl (C=O) groups is 3. The monoisotopic (exact) mass is 735 g/mol. The second-order valence-electron chi connectivity index (χ2n) is 12.2. The molecule has 2 heterocycles. The summed E-state index contributed by atoms with van der Waals surface area (Å²) in [7, 11) is 1.59. The number of benzene rings is 3. The van der Waals surface area contributed by atoms with Gasteiger partial charge >= 0.3 is 4.87 Å². The number of nitrogens with two attached hydrogens (primary N) is 1. The molecule has 2 aliphatic rings. The van der Waals surface area contributed by atoms with E-state index in [4.69, 9.17) is 26.9 Å². The summed E-state index contributed by atoms with van der Waals surface area (Å²) in [5.41, 5.74) is 9.48. The predicted molar refractivity (Wildman–Crippen MR) is 203 cm³/mol. The lowest BCUT2D eigenvalue weighted by atomic mass is 10.2. The Bertz CT molecular complexity index is 1810. The van der Waals surface area contributed by atoms with E-state index in [1.807, 2.05) is 54.6 Å². The maximum Gasteiger partial charge on any atom is 0.305 e. The van der Waals surface area contributed by atoms with E-state index in [0.29, 0.717) is 29.7 Å². The number of aromatic amines is 1. The fourth-order valence-corrected chi connectivity index (χ4v) is 6.49. The van der Waals surface area contributed by atoms with Crippen molar-refractivity contribution >= 4 is 56.6 Å². The molecule has 1 saturated carbocycles. The summed E-state index contributed by atoms with van der Waals surface area (Å²) in [6.45, 7) is 2.93. The Hall–Kier alpha value is -4.81. The Balaban J connectivity index is 0.000000179. The third-order valence-corrected chi connectivity index (χ3v) is 9.43. The van der Waals surface area contributed by atoms with Crippen molar-refractivity contribution in [3.05, 3.63) is 99.6 Å². The maximum atomic E-state index is 12.1. The molecule has 3 amide bonds. The van der Waals surface area contributed by atoms with Gasteiger partial charge in [-0.05, 0) is 80.5 Å². The summed E-state index contributed by atoms with van der Waals surface area (Å²) in [4.78, 5) is 55.5. The first kappa shape index (κ1) is 39.0. The molecule has 3 aromatic carbocycles. The number of nitrogens with zero attached hydrogens (tertiary/aromatic N) is 1. The lowest BCUT2D eigenvalue weighted by Gasteiger charge is -2.22. The number of anilines is 1. The number of thiazole rings is 1. The number of unbranched alkanes of at least 4 members (excludes halogenated alkanes) is 3. The van der Waals surface area contributed by atoms with Crippen molar-refractivity contribution in [3.63, 3.8) is 0 Å². The molecule has 3 unspecified atom stereocenters. The number of rotatable bonds is 13. The molecule has 0 spiro atoms. The van der Waals surface area contributed by atoms with Crippen molar-refractivity contribution in [1.29, 1.82) is 0 Å². The van der Waals surface area contributed by atoms with E-state index in [1.165, 1.54) is 30.6 Å². The van der Waals surface area contributed by atoms with Gasteiger partial charge in [0.05, 0.1) is 23.9 Å². The van der Waals surface area contributed by atoms with Gasteiger partial charge in [-0.3, -0.25) is 19.2 Å². The first-order valence-electron chi connectivity index (χ1n) is 17.1. The van der Waals surface area contributed by atoms with Crippen molar-refractivity contribution in [3.8, 4) is 11.5 Å². The number of aromatic nitrogens is 1. The van der Waals surface area contributed by atoms with Crippen LogP contribution in [0, 0.1) is 11.8 Å². The standard InChI is InChI=1S/C17H23NO2.C14H19N3O3.C7H4ClNOS/c1-2-3-4-5-7-10-14-13-16(14)17(19)18-20-15-11-8-6-9-12-15;1-20-11-5-2-4-10(8-11)16-9-13(18)17-7-3-6-12(17)14(15)19;8-4-1-2-5-6(3-4)11-7(10)9-5/h6-12,14,16H,2-5,13H2,1H3,(H,18,19);2,4-5,8,12,16H,3,6-7,9H2,1H3,(H2,15,19);1-3H,(H,9,10)/b10-7-;;. The topological polar surface area (TPSA) is 156 Å². The number of allylic oxidation sites excluding steroid dienone is 2. The molecule has 13 heteroatoms. The van der Waals surface area contributed by atoms with Crippen LogP contribution in [0.25, 0.3) is 10.2 Å². The second-order valence-corrected chi connectivity index (χ2v) is 13.7. The SMILES string of the molecule is CCCCC/C=C\C1CC1C(=O)NOc1ccccc1.COc1cccc(NCC(=O)N2CCCC2C(N)=O)c1.O=c1[nH]c2ccc(Cl)cc2s1. The average Bonchev–Trinajstić information content (AvgIpc) is 3.55. The van der Waals surface area contributed by atoms with Crippen LogP contribution in [0.4, 0.5) is 5.69 Å². The molecular weight excluding hydrogens is 690 g/mol. The van der Waals surface area contributed by atoms with Crippen molar-refractivity contribution in [2.75, 3.05) is 25.5 Å². The van der Waals surface area contributed by atoms with Gasteiger partial charge in [-0.2, -0.15) is 5.48 Å². The number of hydrogen-bond donors (Lipinski definition) is 4.